The molecule has 0 fully saturated rings. The molecular formula is C17H14Cl2N4OS. The number of nitrogens with one attached hydrogen (secondary N) is 1. The zero-order valence-electron chi connectivity index (χ0n) is 12.9. The van der Waals surface area contributed by atoms with Gasteiger partial charge in [-0.2, -0.15) is 0 Å². The molecule has 0 aliphatic carbocycles. The number of nitrogens with zero attached hydrogens (tertiary/aromatic N) is 2. The number of carbonyl (C=O) groups excluding carboxylic acids is 1. The number of nitrogens with two attached hydrogens (primary N) is 1. The molecule has 1 unspecified atom stereocenters. The zero-order valence-corrected chi connectivity index (χ0v) is 15.3. The summed E-state index contributed by atoms with van der Waals surface area (Å²) in [5, 5.41) is 5.89. The van der Waals surface area contributed by atoms with Gasteiger partial charge < -0.3 is 11.1 Å². The second-order valence-corrected chi connectivity index (χ2v) is 6.84. The highest BCUT2D eigenvalue weighted by molar-refractivity contribution is 7.14. The van der Waals surface area contributed by atoms with Crippen molar-refractivity contribution in [2.45, 2.75) is 5.92 Å². The van der Waals surface area contributed by atoms with E-state index in [0.717, 1.165) is 11.3 Å². The first kappa shape index (κ1) is 17.8. The summed E-state index contributed by atoms with van der Waals surface area (Å²) < 4.78 is 0. The van der Waals surface area contributed by atoms with Gasteiger partial charge in [-0.15, -0.1) is 11.3 Å². The Bertz CT molecular complexity index is 885. The monoisotopic (exact) mass is 392 g/mol. The fourth-order valence-electron chi connectivity index (χ4n) is 2.34. The molecule has 5 nitrogen and oxygen atoms in total. The Hall–Kier alpha value is -1.99. The molecule has 3 rings (SSSR count). The molecule has 1 aromatic carbocycles. The second kappa shape index (κ2) is 7.93. The van der Waals surface area contributed by atoms with Crippen LogP contribution in [-0.2, 0) is 4.79 Å². The maximum atomic E-state index is 12.6. The average Bonchev–Trinajstić information content (AvgIpc) is 3.08. The van der Waals surface area contributed by atoms with Crippen LogP contribution in [0.4, 0.5) is 5.13 Å². The van der Waals surface area contributed by atoms with Crippen LogP contribution in [0.15, 0.2) is 48.1 Å². The summed E-state index contributed by atoms with van der Waals surface area (Å²) in [5.41, 5.74) is 8.09. The van der Waals surface area contributed by atoms with E-state index in [2.05, 4.69) is 15.3 Å². The molecule has 0 spiro atoms. The van der Waals surface area contributed by atoms with Crippen LogP contribution in [0.5, 0.6) is 0 Å². The fraction of sp³-hybridized carbons (Fsp3) is 0.118. The highest BCUT2D eigenvalue weighted by Crippen LogP contribution is 2.32. The van der Waals surface area contributed by atoms with E-state index in [0.29, 0.717) is 20.7 Å². The lowest BCUT2D eigenvalue weighted by Gasteiger charge is -2.16. The zero-order chi connectivity index (χ0) is 17.8. The van der Waals surface area contributed by atoms with Crippen molar-refractivity contribution in [2.24, 2.45) is 5.73 Å². The third-order valence-corrected chi connectivity index (χ3v) is 5.21. The molecule has 3 aromatic rings. The molecule has 25 heavy (non-hydrogen) atoms. The minimum atomic E-state index is -0.612. The molecule has 2 heterocycles. The van der Waals surface area contributed by atoms with E-state index < -0.39 is 5.92 Å². The number of halogens is 2. The topological polar surface area (TPSA) is 80.9 Å². The van der Waals surface area contributed by atoms with Gasteiger partial charge in [0.1, 0.15) is 0 Å². The predicted octanol–water partition coefficient (Wildman–Crippen LogP) is 4.19. The summed E-state index contributed by atoms with van der Waals surface area (Å²) in [7, 11) is 0. The average molecular weight is 393 g/mol. The third kappa shape index (κ3) is 3.99. The Morgan fingerprint density at radius 3 is 2.72 bits per heavy atom. The first-order valence-corrected chi connectivity index (χ1v) is 9.04. The van der Waals surface area contributed by atoms with Gasteiger partial charge in [0.2, 0.25) is 5.91 Å². The van der Waals surface area contributed by atoms with Crippen molar-refractivity contribution >= 4 is 45.6 Å². The van der Waals surface area contributed by atoms with E-state index >= 15 is 0 Å². The Morgan fingerprint density at radius 2 is 2.00 bits per heavy atom. The minimum Gasteiger partial charge on any atom is -0.329 e. The molecule has 3 N–H and O–H groups in total. The Labute approximate surface area is 158 Å². The maximum Gasteiger partial charge on any atom is 0.235 e. The van der Waals surface area contributed by atoms with Gasteiger partial charge in [-0.05, 0) is 23.8 Å². The number of amides is 1. The van der Waals surface area contributed by atoms with Crippen molar-refractivity contribution in [3.63, 3.8) is 0 Å². The van der Waals surface area contributed by atoms with Crippen molar-refractivity contribution in [1.82, 2.24) is 9.97 Å². The lowest BCUT2D eigenvalue weighted by Crippen LogP contribution is -2.27. The molecule has 0 saturated carbocycles. The molecular weight excluding hydrogens is 379 g/mol. The largest absolute Gasteiger partial charge is 0.329 e. The normalized spacial score (nSPS) is 12.0. The van der Waals surface area contributed by atoms with Crippen molar-refractivity contribution < 1.29 is 4.79 Å². The predicted molar refractivity (Wildman–Crippen MR) is 102 cm³/mol. The molecule has 0 aliphatic heterocycles. The van der Waals surface area contributed by atoms with Crippen LogP contribution >= 0.6 is 34.5 Å². The van der Waals surface area contributed by atoms with Gasteiger partial charge in [-0.1, -0.05) is 35.3 Å². The van der Waals surface area contributed by atoms with E-state index in [-0.39, 0.29) is 12.5 Å². The van der Waals surface area contributed by atoms with Gasteiger partial charge in [0.25, 0.3) is 0 Å². The minimum absolute atomic E-state index is 0.106. The highest BCUT2D eigenvalue weighted by Gasteiger charge is 2.23. The van der Waals surface area contributed by atoms with Crippen molar-refractivity contribution in [3.8, 4) is 11.3 Å². The van der Waals surface area contributed by atoms with Crippen LogP contribution in [0.3, 0.4) is 0 Å². The van der Waals surface area contributed by atoms with Crippen molar-refractivity contribution in [2.75, 3.05) is 11.9 Å². The molecule has 8 heteroatoms. The van der Waals surface area contributed by atoms with E-state index in [9.17, 15) is 4.79 Å². The summed E-state index contributed by atoms with van der Waals surface area (Å²) in [6.45, 7) is 0.106. The first-order valence-electron chi connectivity index (χ1n) is 7.41. The number of anilines is 1. The molecule has 2 aromatic heterocycles. The molecule has 1 amide bonds. The number of benzene rings is 1. The van der Waals surface area contributed by atoms with Crippen LogP contribution in [0, 0.1) is 0 Å². The summed E-state index contributed by atoms with van der Waals surface area (Å²) in [6.07, 6.45) is 3.39. The number of hydrogen-bond acceptors (Lipinski definition) is 5. The molecule has 0 bridgehead atoms. The number of hydrogen-bond donors (Lipinski definition) is 2. The van der Waals surface area contributed by atoms with Crippen LogP contribution in [-0.4, -0.2) is 22.4 Å². The van der Waals surface area contributed by atoms with Gasteiger partial charge in [0, 0.05) is 29.9 Å². The molecule has 0 radical (unpaired) electrons. The van der Waals surface area contributed by atoms with Crippen LogP contribution in [0.1, 0.15) is 11.5 Å². The highest BCUT2D eigenvalue weighted by atomic mass is 35.5. The molecule has 1 atom stereocenters. The number of rotatable bonds is 5. The second-order valence-electron chi connectivity index (χ2n) is 5.19. The van der Waals surface area contributed by atoms with Crippen molar-refractivity contribution in [1.29, 1.82) is 0 Å². The van der Waals surface area contributed by atoms with E-state index in [1.54, 1.807) is 30.6 Å². The quantitative estimate of drug-likeness (QED) is 0.681. The van der Waals surface area contributed by atoms with Gasteiger partial charge in [-0.25, -0.2) is 4.98 Å². The van der Waals surface area contributed by atoms with Crippen LogP contribution in [0.25, 0.3) is 11.3 Å². The van der Waals surface area contributed by atoms with Gasteiger partial charge >= 0.3 is 0 Å². The molecule has 128 valence electrons. The first-order chi connectivity index (χ1) is 12.1. The summed E-state index contributed by atoms with van der Waals surface area (Å²) in [6, 6.07) is 8.87. The fourth-order valence-corrected chi connectivity index (χ4v) is 3.51. The van der Waals surface area contributed by atoms with Crippen molar-refractivity contribution in [3.05, 3.63) is 63.7 Å². The van der Waals surface area contributed by atoms with Gasteiger partial charge in [0.05, 0.1) is 21.7 Å². The Balaban J connectivity index is 1.79. The number of carbonyl (C=O) groups is 1. The summed E-state index contributed by atoms with van der Waals surface area (Å²) in [4.78, 5) is 21.0. The standard InChI is InChI=1S/C17H14Cl2N4OS/c18-13-3-1-2-11(15(13)19)12(8-20)16(24)23-17-22-14(9-25-17)10-4-6-21-7-5-10/h1-7,9,12H,8,20H2,(H,22,23,24). The van der Waals surface area contributed by atoms with Crippen LogP contribution < -0.4 is 11.1 Å². The number of pyridine rings is 1. The van der Waals surface area contributed by atoms with E-state index in [4.69, 9.17) is 28.9 Å². The smallest absolute Gasteiger partial charge is 0.235 e. The van der Waals surface area contributed by atoms with E-state index in [1.165, 1.54) is 11.3 Å². The Kier molecular flexibility index (Phi) is 5.65. The Morgan fingerprint density at radius 1 is 1.24 bits per heavy atom. The SMILES string of the molecule is NCC(C(=O)Nc1nc(-c2ccncc2)cs1)c1cccc(Cl)c1Cl. The molecule has 0 saturated heterocycles. The van der Waals surface area contributed by atoms with Crippen LogP contribution in [0.2, 0.25) is 10.0 Å². The van der Waals surface area contributed by atoms with Gasteiger partial charge in [0.15, 0.2) is 5.13 Å². The summed E-state index contributed by atoms with van der Waals surface area (Å²) in [5.74, 6) is -0.887. The lowest BCUT2D eigenvalue weighted by atomic mass is 9.98. The lowest BCUT2D eigenvalue weighted by molar-refractivity contribution is -0.117. The van der Waals surface area contributed by atoms with E-state index in [1.807, 2.05) is 17.5 Å². The third-order valence-electron chi connectivity index (χ3n) is 3.62. The maximum absolute atomic E-state index is 12.6. The number of aromatic nitrogens is 2. The molecule has 0 aliphatic rings. The number of thiazole rings is 1. The van der Waals surface area contributed by atoms with Gasteiger partial charge in [-0.3, -0.25) is 9.78 Å². The summed E-state index contributed by atoms with van der Waals surface area (Å²) >= 11 is 13.6.